The van der Waals surface area contributed by atoms with Gasteiger partial charge in [0.2, 0.25) is 5.91 Å². The van der Waals surface area contributed by atoms with E-state index in [9.17, 15) is 4.79 Å². The zero-order valence-electron chi connectivity index (χ0n) is 14.0. The summed E-state index contributed by atoms with van der Waals surface area (Å²) in [5, 5.41) is 7.76. The highest BCUT2D eigenvalue weighted by atomic mass is 35.5. The van der Waals surface area contributed by atoms with Gasteiger partial charge in [-0.2, -0.15) is 5.10 Å². The average Bonchev–Trinajstić information content (AvgIpc) is 2.91. The van der Waals surface area contributed by atoms with E-state index in [0.717, 1.165) is 29.4 Å². The lowest BCUT2D eigenvalue weighted by Gasteiger charge is -2.38. The molecule has 0 spiro atoms. The number of nitrogens with one attached hydrogen (secondary N) is 1. The van der Waals surface area contributed by atoms with Crippen LogP contribution in [0.4, 0.5) is 5.69 Å². The molecule has 1 amide bonds. The van der Waals surface area contributed by atoms with E-state index in [1.165, 1.54) is 0 Å². The number of aryl methyl sites for hydroxylation is 1. The van der Waals surface area contributed by atoms with E-state index in [-0.39, 0.29) is 11.9 Å². The lowest BCUT2D eigenvalue weighted by molar-refractivity contribution is -0.125. The van der Waals surface area contributed by atoms with Crippen LogP contribution in [0, 0.1) is 6.92 Å². The maximum Gasteiger partial charge on any atom is 0.244 e. The number of hydrogen-bond donors (Lipinski definition) is 1. The van der Waals surface area contributed by atoms with Crippen molar-refractivity contribution in [1.29, 1.82) is 0 Å². The number of hydrogen-bond acceptors (Lipinski definition) is 4. The number of aromatic amines is 1. The molecule has 24 heavy (non-hydrogen) atoms. The molecule has 1 N–H and O–H groups in total. The van der Waals surface area contributed by atoms with Gasteiger partial charge >= 0.3 is 0 Å². The number of nitrogens with zero attached hydrogens (tertiary/aromatic N) is 3. The predicted molar refractivity (Wildman–Crippen MR) is 93.6 cm³/mol. The molecule has 128 valence electrons. The van der Waals surface area contributed by atoms with E-state index >= 15 is 0 Å². The number of rotatable bonds is 4. The summed E-state index contributed by atoms with van der Waals surface area (Å²) in [5.74, 6) is 0.858. The SMILES string of the molecule is COc1ccc(N2CCN(Cc3n[nH]c(C)c3Cl)C(C)C2=O)cc1. The Labute approximate surface area is 146 Å². The normalized spacial score (nSPS) is 18.9. The van der Waals surface area contributed by atoms with E-state index in [2.05, 4.69) is 15.1 Å². The Morgan fingerprint density at radius 1 is 1.33 bits per heavy atom. The van der Waals surface area contributed by atoms with Crippen LogP contribution in [0.3, 0.4) is 0 Å². The Balaban J connectivity index is 1.72. The standard InChI is InChI=1S/C17H21ClN4O2/c1-11-16(18)15(20-19-11)10-21-8-9-22(17(23)12(21)2)13-4-6-14(24-3)7-5-13/h4-7,12H,8-10H2,1-3H3,(H,19,20). The number of piperazine rings is 1. The molecule has 1 aliphatic rings. The van der Waals surface area contributed by atoms with Gasteiger partial charge in [0, 0.05) is 25.3 Å². The van der Waals surface area contributed by atoms with Gasteiger partial charge in [0.1, 0.15) is 5.75 Å². The Bertz CT molecular complexity index is 729. The van der Waals surface area contributed by atoms with E-state index in [1.54, 1.807) is 7.11 Å². The molecule has 2 aromatic rings. The molecule has 6 nitrogen and oxygen atoms in total. The molecular weight excluding hydrogens is 328 g/mol. The second-order valence-corrected chi connectivity index (χ2v) is 6.32. The van der Waals surface area contributed by atoms with Crippen molar-refractivity contribution in [3.8, 4) is 5.75 Å². The first kappa shape index (κ1) is 16.8. The van der Waals surface area contributed by atoms with Crippen molar-refractivity contribution in [2.75, 3.05) is 25.1 Å². The molecule has 1 unspecified atom stereocenters. The topological polar surface area (TPSA) is 61.5 Å². The largest absolute Gasteiger partial charge is 0.497 e. The van der Waals surface area contributed by atoms with Crippen molar-refractivity contribution in [3.63, 3.8) is 0 Å². The first-order valence-electron chi connectivity index (χ1n) is 7.90. The minimum atomic E-state index is -0.228. The minimum Gasteiger partial charge on any atom is -0.497 e. The highest BCUT2D eigenvalue weighted by molar-refractivity contribution is 6.31. The van der Waals surface area contributed by atoms with Gasteiger partial charge in [0.25, 0.3) is 0 Å². The number of methoxy groups -OCH3 is 1. The molecule has 3 rings (SSSR count). The number of carbonyl (C=O) groups excluding carboxylic acids is 1. The third kappa shape index (κ3) is 3.12. The molecule has 2 heterocycles. The second-order valence-electron chi connectivity index (χ2n) is 5.94. The van der Waals surface area contributed by atoms with Crippen LogP contribution in [-0.4, -0.2) is 47.2 Å². The molecular formula is C17H21ClN4O2. The number of benzene rings is 1. The van der Waals surface area contributed by atoms with Crippen molar-refractivity contribution >= 4 is 23.2 Å². The van der Waals surface area contributed by atoms with Gasteiger partial charge in [-0.05, 0) is 38.1 Å². The van der Waals surface area contributed by atoms with Gasteiger partial charge in [-0.3, -0.25) is 14.8 Å². The number of aromatic nitrogens is 2. The summed E-state index contributed by atoms with van der Waals surface area (Å²) in [6.45, 7) is 5.77. The highest BCUT2D eigenvalue weighted by Gasteiger charge is 2.33. The molecule has 1 aromatic carbocycles. The summed E-state index contributed by atoms with van der Waals surface area (Å²) < 4.78 is 5.17. The van der Waals surface area contributed by atoms with Gasteiger partial charge < -0.3 is 9.64 Å². The molecule has 1 fully saturated rings. The Morgan fingerprint density at radius 2 is 2.04 bits per heavy atom. The lowest BCUT2D eigenvalue weighted by atomic mass is 10.1. The Kier molecular flexibility index (Phi) is 4.78. The molecule has 1 aliphatic heterocycles. The number of ether oxygens (including phenoxy) is 1. The van der Waals surface area contributed by atoms with Gasteiger partial charge in [0.05, 0.1) is 29.6 Å². The molecule has 0 bridgehead atoms. The molecule has 1 atom stereocenters. The average molecular weight is 349 g/mol. The van der Waals surface area contributed by atoms with Crippen LogP contribution in [-0.2, 0) is 11.3 Å². The van der Waals surface area contributed by atoms with Gasteiger partial charge in [-0.25, -0.2) is 0 Å². The van der Waals surface area contributed by atoms with Gasteiger partial charge in [-0.15, -0.1) is 0 Å². The summed E-state index contributed by atoms with van der Waals surface area (Å²) in [4.78, 5) is 16.7. The zero-order valence-corrected chi connectivity index (χ0v) is 14.8. The maximum absolute atomic E-state index is 12.8. The second kappa shape index (κ2) is 6.83. The maximum atomic E-state index is 12.8. The van der Waals surface area contributed by atoms with E-state index in [0.29, 0.717) is 18.1 Å². The number of H-pyrrole nitrogens is 1. The summed E-state index contributed by atoms with van der Waals surface area (Å²) in [5.41, 5.74) is 2.52. The Morgan fingerprint density at radius 3 is 2.62 bits per heavy atom. The van der Waals surface area contributed by atoms with Crippen LogP contribution in [0.2, 0.25) is 5.02 Å². The highest BCUT2D eigenvalue weighted by Crippen LogP contribution is 2.25. The summed E-state index contributed by atoms with van der Waals surface area (Å²) in [7, 11) is 1.63. The molecule has 1 saturated heterocycles. The predicted octanol–water partition coefficient (Wildman–Crippen LogP) is 2.62. The number of carbonyl (C=O) groups is 1. The zero-order chi connectivity index (χ0) is 17.3. The van der Waals surface area contributed by atoms with Crippen molar-refractivity contribution in [2.24, 2.45) is 0 Å². The van der Waals surface area contributed by atoms with Gasteiger partial charge in [-0.1, -0.05) is 11.6 Å². The lowest BCUT2D eigenvalue weighted by Crippen LogP contribution is -2.55. The fraction of sp³-hybridized carbons (Fsp3) is 0.412. The number of anilines is 1. The van der Waals surface area contributed by atoms with Crippen LogP contribution in [0.5, 0.6) is 5.75 Å². The third-order valence-corrected chi connectivity index (χ3v) is 4.96. The molecule has 0 aliphatic carbocycles. The molecule has 1 aromatic heterocycles. The van der Waals surface area contributed by atoms with Crippen molar-refractivity contribution in [2.45, 2.75) is 26.4 Å². The minimum absolute atomic E-state index is 0.0785. The van der Waals surface area contributed by atoms with Crippen molar-refractivity contribution in [3.05, 3.63) is 40.7 Å². The number of amides is 1. The van der Waals surface area contributed by atoms with Gasteiger partial charge in [0.15, 0.2) is 0 Å². The monoisotopic (exact) mass is 348 g/mol. The van der Waals surface area contributed by atoms with Crippen LogP contribution in [0.1, 0.15) is 18.3 Å². The van der Waals surface area contributed by atoms with E-state index < -0.39 is 0 Å². The van der Waals surface area contributed by atoms with Crippen molar-refractivity contribution in [1.82, 2.24) is 15.1 Å². The molecule has 0 saturated carbocycles. The molecule has 0 radical (unpaired) electrons. The van der Waals surface area contributed by atoms with Crippen LogP contribution in [0.25, 0.3) is 0 Å². The Hall–Kier alpha value is -2.05. The van der Waals surface area contributed by atoms with Crippen LogP contribution < -0.4 is 9.64 Å². The fourth-order valence-electron chi connectivity index (χ4n) is 2.91. The summed E-state index contributed by atoms with van der Waals surface area (Å²) >= 11 is 6.24. The van der Waals surface area contributed by atoms with Crippen molar-refractivity contribution < 1.29 is 9.53 Å². The molecule has 7 heteroatoms. The summed E-state index contributed by atoms with van der Waals surface area (Å²) in [6.07, 6.45) is 0. The smallest absolute Gasteiger partial charge is 0.244 e. The van der Waals surface area contributed by atoms with Crippen LogP contribution >= 0.6 is 11.6 Å². The van der Waals surface area contributed by atoms with E-state index in [1.807, 2.05) is 43.0 Å². The first-order valence-corrected chi connectivity index (χ1v) is 8.28. The number of halogens is 1. The fourth-order valence-corrected chi connectivity index (χ4v) is 3.06. The quantitative estimate of drug-likeness (QED) is 0.922. The van der Waals surface area contributed by atoms with Crippen LogP contribution in [0.15, 0.2) is 24.3 Å². The summed E-state index contributed by atoms with van der Waals surface area (Å²) in [6, 6.07) is 7.33. The third-order valence-electron chi connectivity index (χ3n) is 4.46. The van der Waals surface area contributed by atoms with E-state index in [4.69, 9.17) is 16.3 Å². The first-order chi connectivity index (χ1) is 11.5.